The summed E-state index contributed by atoms with van der Waals surface area (Å²) in [6.07, 6.45) is 1.66. The third kappa shape index (κ3) is 3.77. The lowest BCUT2D eigenvalue weighted by Crippen LogP contribution is -2.29. The maximum atomic E-state index is 13.6. The standard InChI is InChI=1S/C28H22FNO4/c1-3-14-33-21-11-7-19(8-12-21)25-24-26(31)22-15-17(2)4-13-23(22)34-27(24)28(32)30(25)16-18-5-9-20(29)10-6-18/h3-13,15,25H,1,14,16H2,2H3. The third-order valence-electron chi connectivity index (χ3n) is 5.95. The van der Waals surface area contributed by atoms with Gasteiger partial charge in [-0.1, -0.05) is 48.6 Å². The molecule has 0 fully saturated rings. The molecule has 1 aromatic heterocycles. The second kappa shape index (κ2) is 8.63. The van der Waals surface area contributed by atoms with Gasteiger partial charge in [0.05, 0.1) is 17.0 Å². The fourth-order valence-corrected chi connectivity index (χ4v) is 4.33. The van der Waals surface area contributed by atoms with Gasteiger partial charge in [0.15, 0.2) is 5.43 Å². The number of carbonyl (C=O) groups excluding carboxylic acids is 1. The smallest absolute Gasteiger partial charge is 0.291 e. The van der Waals surface area contributed by atoms with Crippen molar-refractivity contribution in [2.24, 2.45) is 0 Å². The number of benzene rings is 3. The molecule has 1 aliphatic rings. The molecule has 5 nitrogen and oxygen atoms in total. The zero-order valence-electron chi connectivity index (χ0n) is 18.6. The third-order valence-corrected chi connectivity index (χ3v) is 5.95. The van der Waals surface area contributed by atoms with Crippen molar-refractivity contribution in [2.75, 3.05) is 6.61 Å². The largest absolute Gasteiger partial charge is 0.490 e. The molecule has 0 saturated heterocycles. The van der Waals surface area contributed by atoms with Gasteiger partial charge in [-0.2, -0.15) is 0 Å². The molecule has 0 saturated carbocycles. The van der Waals surface area contributed by atoms with Crippen LogP contribution in [0, 0.1) is 12.7 Å². The summed E-state index contributed by atoms with van der Waals surface area (Å²) in [7, 11) is 0. The molecule has 0 spiro atoms. The molecule has 6 heteroatoms. The molecule has 2 heterocycles. The Bertz CT molecular complexity index is 1460. The summed E-state index contributed by atoms with van der Waals surface area (Å²) in [6, 6.07) is 17.9. The molecule has 34 heavy (non-hydrogen) atoms. The van der Waals surface area contributed by atoms with Crippen LogP contribution >= 0.6 is 0 Å². The zero-order valence-corrected chi connectivity index (χ0v) is 18.6. The van der Waals surface area contributed by atoms with Crippen LogP contribution in [-0.2, 0) is 6.54 Å². The summed E-state index contributed by atoms with van der Waals surface area (Å²) in [4.78, 5) is 28.7. The molecule has 3 aromatic carbocycles. The topological polar surface area (TPSA) is 59.8 Å². The molecule has 5 rings (SSSR count). The van der Waals surface area contributed by atoms with Gasteiger partial charge in [0.2, 0.25) is 5.76 Å². The Morgan fingerprint density at radius 3 is 2.50 bits per heavy atom. The number of aryl methyl sites for hydroxylation is 1. The fraction of sp³-hybridized carbons (Fsp3) is 0.143. The SMILES string of the molecule is C=CCOc1ccc(C2c3c(oc4ccc(C)cc4c3=O)C(=O)N2Cc2ccc(F)cc2)cc1. The van der Waals surface area contributed by atoms with Gasteiger partial charge in [0.1, 0.15) is 23.8 Å². The Kier molecular flexibility index (Phi) is 5.49. The average molecular weight is 455 g/mol. The predicted octanol–water partition coefficient (Wildman–Crippen LogP) is 5.55. The van der Waals surface area contributed by atoms with Gasteiger partial charge in [-0.15, -0.1) is 0 Å². The minimum absolute atomic E-state index is 0.0421. The van der Waals surface area contributed by atoms with Crippen LogP contribution in [0.25, 0.3) is 11.0 Å². The lowest BCUT2D eigenvalue weighted by atomic mass is 9.98. The van der Waals surface area contributed by atoms with Crippen molar-refractivity contribution < 1.29 is 18.3 Å². The molecule has 0 N–H and O–H groups in total. The van der Waals surface area contributed by atoms with Gasteiger partial charge in [-0.25, -0.2) is 4.39 Å². The summed E-state index contributed by atoms with van der Waals surface area (Å²) in [6.45, 7) is 6.11. The summed E-state index contributed by atoms with van der Waals surface area (Å²) in [5, 5.41) is 0.436. The van der Waals surface area contributed by atoms with E-state index >= 15 is 0 Å². The number of hydrogen-bond donors (Lipinski definition) is 0. The molecule has 1 unspecified atom stereocenters. The minimum Gasteiger partial charge on any atom is -0.490 e. The van der Waals surface area contributed by atoms with Crippen LogP contribution in [0.3, 0.4) is 0 Å². The maximum Gasteiger partial charge on any atom is 0.291 e. The quantitative estimate of drug-likeness (QED) is 0.358. The van der Waals surface area contributed by atoms with Gasteiger partial charge in [0, 0.05) is 6.54 Å². The molecule has 0 bridgehead atoms. The van der Waals surface area contributed by atoms with Crippen molar-refractivity contribution in [1.82, 2.24) is 4.90 Å². The number of hydrogen-bond acceptors (Lipinski definition) is 4. The molecule has 1 amide bonds. The summed E-state index contributed by atoms with van der Waals surface area (Å²) in [5.74, 6) is -0.0410. The Hall–Kier alpha value is -4.19. The van der Waals surface area contributed by atoms with Gasteiger partial charge in [0.25, 0.3) is 5.91 Å². The maximum absolute atomic E-state index is 13.6. The van der Waals surface area contributed by atoms with Crippen LogP contribution in [0.1, 0.15) is 38.9 Å². The highest BCUT2D eigenvalue weighted by molar-refractivity contribution is 5.99. The molecule has 0 radical (unpaired) electrons. The van der Waals surface area contributed by atoms with Crippen molar-refractivity contribution in [2.45, 2.75) is 19.5 Å². The second-order valence-corrected chi connectivity index (χ2v) is 8.30. The number of halogens is 1. The molecule has 1 atom stereocenters. The summed E-state index contributed by atoms with van der Waals surface area (Å²) < 4.78 is 25.0. The highest BCUT2D eigenvalue weighted by atomic mass is 19.1. The predicted molar refractivity (Wildman–Crippen MR) is 127 cm³/mol. The van der Waals surface area contributed by atoms with Crippen molar-refractivity contribution in [1.29, 1.82) is 0 Å². The van der Waals surface area contributed by atoms with E-state index in [9.17, 15) is 14.0 Å². The van der Waals surface area contributed by atoms with Crippen LogP contribution in [0.5, 0.6) is 5.75 Å². The average Bonchev–Trinajstić information content (AvgIpc) is 3.11. The van der Waals surface area contributed by atoms with E-state index < -0.39 is 6.04 Å². The van der Waals surface area contributed by atoms with E-state index in [-0.39, 0.29) is 29.5 Å². The first kappa shape index (κ1) is 21.6. The van der Waals surface area contributed by atoms with Crippen molar-refractivity contribution >= 4 is 16.9 Å². The molecular formula is C28H22FNO4. The van der Waals surface area contributed by atoms with E-state index in [0.717, 1.165) is 16.7 Å². The molecular weight excluding hydrogens is 433 g/mol. The summed E-state index contributed by atoms with van der Waals surface area (Å²) in [5.41, 5.74) is 2.87. The molecule has 170 valence electrons. The van der Waals surface area contributed by atoms with Crippen LogP contribution < -0.4 is 10.2 Å². The van der Waals surface area contributed by atoms with E-state index in [0.29, 0.717) is 28.9 Å². The van der Waals surface area contributed by atoms with Crippen LogP contribution in [-0.4, -0.2) is 17.4 Å². The van der Waals surface area contributed by atoms with E-state index in [1.807, 2.05) is 25.1 Å². The number of fused-ring (bicyclic) bond motifs is 2. The Labute approximate surface area is 195 Å². The highest BCUT2D eigenvalue weighted by Gasteiger charge is 2.42. The van der Waals surface area contributed by atoms with E-state index in [1.165, 1.54) is 12.1 Å². The Morgan fingerprint density at radius 1 is 1.06 bits per heavy atom. The molecule has 1 aliphatic heterocycles. The van der Waals surface area contributed by atoms with E-state index in [4.69, 9.17) is 9.15 Å². The molecule has 4 aromatic rings. The monoisotopic (exact) mass is 455 g/mol. The normalized spacial score (nSPS) is 14.9. The Morgan fingerprint density at radius 2 is 1.79 bits per heavy atom. The van der Waals surface area contributed by atoms with Gasteiger partial charge >= 0.3 is 0 Å². The number of rotatable bonds is 6. The highest BCUT2D eigenvalue weighted by Crippen LogP contribution is 2.39. The number of ether oxygens (including phenoxy) is 1. The van der Waals surface area contributed by atoms with Crippen molar-refractivity contribution in [3.8, 4) is 5.75 Å². The van der Waals surface area contributed by atoms with Gasteiger partial charge in [-0.3, -0.25) is 9.59 Å². The van der Waals surface area contributed by atoms with Gasteiger partial charge in [-0.05, 0) is 54.4 Å². The second-order valence-electron chi connectivity index (χ2n) is 8.30. The van der Waals surface area contributed by atoms with Crippen LogP contribution in [0.2, 0.25) is 0 Å². The summed E-state index contributed by atoms with van der Waals surface area (Å²) >= 11 is 0. The minimum atomic E-state index is -0.651. The van der Waals surface area contributed by atoms with Gasteiger partial charge < -0.3 is 14.1 Å². The lowest BCUT2D eigenvalue weighted by molar-refractivity contribution is 0.0714. The first-order valence-electron chi connectivity index (χ1n) is 10.9. The first-order chi connectivity index (χ1) is 16.5. The number of amides is 1. The van der Waals surface area contributed by atoms with E-state index in [2.05, 4.69) is 6.58 Å². The first-order valence-corrected chi connectivity index (χ1v) is 10.9. The zero-order chi connectivity index (χ0) is 23.8. The van der Waals surface area contributed by atoms with Crippen LogP contribution in [0.4, 0.5) is 4.39 Å². The van der Waals surface area contributed by atoms with Crippen molar-refractivity contribution in [3.05, 3.63) is 123 Å². The fourth-order valence-electron chi connectivity index (χ4n) is 4.33. The lowest BCUT2D eigenvalue weighted by Gasteiger charge is -2.25. The number of carbonyl (C=O) groups is 1. The Balaban J connectivity index is 1.65. The van der Waals surface area contributed by atoms with E-state index in [1.54, 1.807) is 47.4 Å². The molecule has 0 aliphatic carbocycles. The van der Waals surface area contributed by atoms with Crippen molar-refractivity contribution in [3.63, 3.8) is 0 Å². The van der Waals surface area contributed by atoms with Crippen LogP contribution in [0.15, 0.2) is 88.6 Å². The number of nitrogens with zero attached hydrogens (tertiary/aromatic N) is 1.